The van der Waals surface area contributed by atoms with Gasteiger partial charge in [0.2, 0.25) is 5.91 Å². The Hall–Kier alpha value is -2.18. The Morgan fingerprint density at radius 1 is 1.27 bits per heavy atom. The Bertz CT molecular complexity index is 938. The average molecular weight is 390 g/mol. The Labute approximate surface area is 159 Å². The lowest BCUT2D eigenvalue weighted by atomic mass is 10.00. The molecule has 0 radical (unpaired) electrons. The molecule has 1 amide bonds. The van der Waals surface area contributed by atoms with Crippen LogP contribution in [0.25, 0.3) is 10.2 Å². The highest BCUT2D eigenvalue weighted by Crippen LogP contribution is 2.33. The van der Waals surface area contributed by atoms with Crippen LogP contribution in [0.15, 0.2) is 42.5 Å². The molecule has 0 atom stereocenters. The lowest BCUT2D eigenvalue weighted by molar-refractivity contribution is -0.125. The standard InChI is InChI=1S/C19H17ClFN3OS/c20-14-3-1-12(2-4-14)7-8-22-18(25)13-10-24(11-13)19-23-16-6-5-15(21)9-17(16)26-19/h1-6,9,13H,7-8,10-11H2,(H,22,25). The number of nitrogens with one attached hydrogen (secondary N) is 1. The van der Waals surface area contributed by atoms with Gasteiger partial charge in [-0.3, -0.25) is 4.79 Å². The number of rotatable bonds is 5. The maximum Gasteiger partial charge on any atom is 0.226 e. The van der Waals surface area contributed by atoms with Gasteiger partial charge in [0, 0.05) is 24.7 Å². The Kier molecular flexibility index (Phi) is 4.78. The van der Waals surface area contributed by atoms with Crippen molar-refractivity contribution >= 4 is 44.2 Å². The van der Waals surface area contributed by atoms with Crippen LogP contribution in [0.2, 0.25) is 5.02 Å². The second kappa shape index (κ2) is 7.21. The first kappa shape index (κ1) is 17.2. The van der Waals surface area contributed by atoms with Crippen molar-refractivity contribution in [1.82, 2.24) is 10.3 Å². The maximum atomic E-state index is 13.3. The number of carbonyl (C=O) groups is 1. The molecular weight excluding hydrogens is 373 g/mol. The fourth-order valence-electron chi connectivity index (χ4n) is 2.95. The summed E-state index contributed by atoms with van der Waals surface area (Å²) in [5, 5.41) is 4.54. The third-order valence-corrected chi connectivity index (χ3v) is 5.82. The molecule has 0 bridgehead atoms. The molecule has 0 saturated carbocycles. The number of carbonyl (C=O) groups excluding carboxylic acids is 1. The van der Waals surface area contributed by atoms with E-state index in [1.165, 1.54) is 23.5 Å². The molecule has 1 fully saturated rings. The van der Waals surface area contributed by atoms with Crippen molar-refractivity contribution in [3.05, 3.63) is 58.9 Å². The van der Waals surface area contributed by atoms with Gasteiger partial charge in [0.15, 0.2) is 5.13 Å². The van der Waals surface area contributed by atoms with E-state index in [0.29, 0.717) is 24.7 Å². The number of nitrogens with zero attached hydrogens (tertiary/aromatic N) is 2. The normalized spacial score (nSPS) is 14.5. The number of aromatic nitrogens is 1. The molecule has 26 heavy (non-hydrogen) atoms. The van der Waals surface area contributed by atoms with Gasteiger partial charge >= 0.3 is 0 Å². The van der Waals surface area contributed by atoms with E-state index >= 15 is 0 Å². The SMILES string of the molecule is O=C(NCCc1ccc(Cl)cc1)C1CN(c2nc3ccc(F)cc3s2)C1. The highest BCUT2D eigenvalue weighted by molar-refractivity contribution is 7.22. The number of amides is 1. The smallest absolute Gasteiger partial charge is 0.226 e. The van der Waals surface area contributed by atoms with Gasteiger partial charge in [-0.05, 0) is 42.3 Å². The quantitative estimate of drug-likeness (QED) is 0.720. The van der Waals surface area contributed by atoms with Crippen LogP contribution >= 0.6 is 22.9 Å². The molecule has 1 N–H and O–H groups in total. The molecule has 2 heterocycles. The minimum atomic E-state index is -0.255. The van der Waals surface area contributed by atoms with Crippen LogP contribution in [0.3, 0.4) is 0 Å². The van der Waals surface area contributed by atoms with Crippen molar-refractivity contribution in [2.75, 3.05) is 24.5 Å². The van der Waals surface area contributed by atoms with E-state index in [-0.39, 0.29) is 17.6 Å². The fraction of sp³-hybridized carbons (Fsp3) is 0.263. The summed E-state index contributed by atoms with van der Waals surface area (Å²) in [4.78, 5) is 18.8. The molecule has 3 aromatic rings. The second-order valence-corrected chi connectivity index (χ2v) is 7.82. The van der Waals surface area contributed by atoms with Crippen LogP contribution in [0.4, 0.5) is 9.52 Å². The summed E-state index contributed by atoms with van der Waals surface area (Å²) < 4.78 is 14.1. The molecule has 0 unspecified atom stereocenters. The van der Waals surface area contributed by atoms with Gasteiger partial charge in [-0.2, -0.15) is 0 Å². The van der Waals surface area contributed by atoms with Crippen molar-refractivity contribution in [2.24, 2.45) is 5.92 Å². The predicted molar refractivity (Wildman–Crippen MR) is 103 cm³/mol. The van der Waals surface area contributed by atoms with Crippen LogP contribution < -0.4 is 10.2 Å². The lowest BCUT2D eigenvalue weighted by Crippen LogP contribution is -2.54. The van der Waals surface area contributed by atoms with Crippen LogP contribution in [0.1, 0.15) is 5.56 Å². The summed E-state index contributed by atoms with van der Waals surface area (Å²) in [5.41, 5.74) is 1.94. The number of anilines is 1. The number of thiazole rings is 1. The molecule has 134 valence electrons. The molecule has 1 aliphatic heterocycles. The summed E-state index contributed by atoms with van der Waals surface area (Å²) >= 11 is 7.32. The van der Waals surface area contributed by atoms with Gasteiger partial charge in [0.25, 0.3) is 0 Å². The summed E-state index contributed by atoms with van der Waals surface area (Å²) in [5.74, 6) is -0.208. The van der Waals surface area contributed by atoms with Gasteiger partial charge in [-0.15, -0.1) is 0 Å². The Morgan fingerprint density at radius 3 is 2.81 bits per heavy atom. The fourth-order valence-corrected chi connectivity index (χ4v) is 4.08. The van der Waals surface area contributed by atoms with E-state index in [9.17, 15) is 9.18 Å². The molecule has 0 spiro atoms. The Balaban J connectivity index is 1.26. The molecule has 7 heteroatoms. The monoisotopic (exact) mass is 389 g/mol. The van der Waals surface area contributed by atoms with Crippen molar-refractivity contribution in [2.45, 2.75) is 6.42 Å². The van der Waals surface area contributed by atoms with Crippen LogP contribution in [0, 0.1) is 11.7 Å². The number of halogens is 2. The number of hydrogen-bond donors (Lipinski definition) is 1. The van der Waals surface area contributed by atoms with Crippen molar-refractivity contribution < 1.29 is 9.18 Å². The molecule has 4 nitrogen and oxygen atoms in total. The zero-order valence-electron chi connectivity index (χ0n) is 13.9. The van der Waals surface area contributed by atoms with Gasteiger partial charge in [0.1, 0.15) is 5.82 Å². The van der Waals surface area contributed by atoms with Crippen LogP contribution in [-0.4, -0.2) is 30.5 Å². The van der Waals surface area contributed by atoms with Crippen molar-refractivity contribution in [3.63, 3.8) is 0 Å². The number of hydrogen-bond acceptors (Lipinski definition) is 4. The molecule has 1 aliphatic rings. The summed E-state index contributed by atoms with van der Waals surface area (Å²) in [6, 6.07) is 12.2. The minimum absolute atomic E-state index is 0.0241. The van der Waals surface area contributed by atoms with Gasteiger partial charge in [-0.25, -0.2) is 9.37 Å². The van der Waals surface area contributed by atoms with E-state index in [2.05, 4.69) is 15.2 Å². The van der Waals surface area contributed by atoms with E-state index < -0.39 is 0 Å². The van der Waals surface area contributed by atoms with Gasteiger partial charge in [-0.1, -0.05) is 35.1 Å². The van der Waals surface area contributed by atoms with E-state index in [1.54, 1.807) is 6.07 Å². The highest BCUT2D eigenvalue weighted by atomic mass is 35.5. The van der Waals surface area contributed by atoms with Crippen molar-refractivity contribution in [1.29, 1.82) is 0 Å². The molecule has 4 rings (SSSR count). The Morgan fingerprint density at radius 2 is 2.04 bits per heavy atom. The van der Waals surface area contributed by atoms with E-state index in [4.69, 9.17) is 11.6 Å². The molecule has 1 aromatic heterocycles. The molecule has 0 aliphatic carbocycles. The van der Waals surface area contributed by atoms with Crippen LogP contribution in [0.5, 0.6) is 0 Å². The first-order valence-electron chi connectivity index (χ1n) is 8.42. The van der Waals surface area contributed by atoms with E-state index in [0.717, 1.165) is 27.3 Å². The van der Waals surface area contributed by atoms with Gasteiger partial charge < -0.3 is 10.2 Å². The minimum Gasteiger partial charge on any atom is -0.355 e. The first-order valence-corrected chi connectivity index (χ1v) is 9.61. The first-order chi connectivity index (χ1) is 12.6. The van der Waals surface area contributed by atoms with Crippen LogP contribution in [-0.2, 0) is 11.2 Å². The van der Waals surface area contributed by atoms with E-state index in [1.807, 2.05) is 24.3 Å². The zero-order valence-corrected chi connectivity index (χ0v) is 15.5. The molecular formula is C19H17ClFN3OS. The van der Waals surface area contributed by atoms with Crippen molar-refractivity contribution in [3.8, 4) is 0 Å². The zero-order chi connectivity index (χ0) is 18.1. The third-order valence-electron chi connectivity index (χ3n) is 4.49. The number of fused-ring (bicyclic) bond motifs is 1. The number of benzene rings is 2. The summed E-state index contributed by atoms with van der Waals surface area (Å²) in [7, 11) is 0. The molecule has 2 aromatic carbocycles. The summed E-state index contributed by atoms with van der Waals surface area (Å²) in [6.45, 7) is 1.90. The summed E-state index contributed by atoms with van der Waals surface area (Å²) in [6.07, 6.45) is 0.781. The largest absolute Gasteiger partial charge is 0.355 e. The predicted octanol–water partition coefficient (Wildman–Crippen LogP) is 3.88. The highest BCUT2D eigenvalue weighted by Gasteiger charge is 2.34. The van der Waals surface area contributed by atoms with Gasteiger partial charge in [0.05, 0.1) is 16.1 Å². The third kappa shape index (κ3) is 3.66. The maximum absolute atomic E-state index is 13.3. The topological polar surface area (TPSA) is 45.2 Å². The average Bonchev–Trinajstić information content (AvgIpc) is 2.97. The second-order valence-electron chi connectivity index (χ2n) is 6.38. The lowest BCUT2D eigenvalue weighted by Gasteiger charge is -2.37. The molecule has 1 saturated heterocycles.